The highest BCUT2D eigenvalue weighted by atomic mass is 35.5. The average Bonchev–Trinajstić information content (AvgIpc) is 3.30. The minimum atomic E-state index is -0.221. The van der Waals surface area contributed by atoms with Crippen LogP contribution < -0.4 is 11.1 Å². The monoisotopic (exact) mass is 498 g/mol. The number of amides is 2. The Morgan fingerprint density at radius 2 is 2.03 bits per heavy atom. The molecule has 4 rings (SSSR count). The molecule has 0 bridgehead atoms. The van der Waals surface area contributed by atoms with Crippen molar-refractivity contribution in [3.63, 3.8) is 0 Å². The molecule has 1 unspecified atom stereocenters. The molecule has 3 N–H and O–H groups in total. The van der Waals surface area contributed by atoms with Crippen LogP contribution in [0.3, 0.4) is 0 Å². The second-order valence-electron chi connectivity index (χ2n) is 8.43. The zero-order chi connectivity index (χ0) is 24.1. The quantitative estimate of drug-likeness (QED) is 0.459. The summed E-state index contributed by atoms with van der Waals surface area (Å²) < 4.78 is 1.81. The van der Waals surface area contributed by atoms with Crippen molar-refractivity contribution in [1.82, 2.24) is 19.7 Å². The largest absolute Gasteiger partial charge is 0.369 e. The molecule has 3 aromatic rings. The lowest BCUT2D eigenvalue weighted by molar-refractivity contribution is -0.123. The SMILES string of the molecule is Cc1ccc(-n2cnnc2SCC(=O)Nc2ccc(CN3CCCC(C(N)=O)C3)cc2)cc1Cl. The number of nitrogens with one attached hydrogen (secondary N) is 1. The number of primary amides is 1. The number of halogens is 1. The van der Waals surface area contributed by atoms with E-state index < -0.39 is 0 Å². The van der Waals surface area contributed by atoms with Crippen LogP contribution in [-0.2, 0) is 16.1 Å². The van der Waals surface area contributed by atoms with Gasteiger partial charge in [0.15, 0.2) is 5.16 Å². The van der Waals surface area contributed by atoms with Gasteiger partial charge in [0.25, 0.3) is 0 Å². The van der Waals surface area contributed by atoms with Gasteiger partial charge in [0.2, 0.25) is 11.8 Å². The highest BCUT2D eigenvalue weighted by Gasteiger charge is 2.23. The molecule has 0 aliphatic carbocycles. The van der Waals surface area contributed by atoms with Crippen LogP contribution in [0, 0.1) is 12.8 Å². The van der Waals surface area contributed by atoms with Gasteiger partial charge in [-0.3, -0.25) is 19.1 Å². The van der Waals surface area contributed by atoms with Crippen LogP contribution in [-0.4, -0.2) is 50.3 Å². The van der Waals surface area contributed by atoms with Crippen molar-refractivity contribution < 1.29 is 9.59 Å². The fourth-order valence-electron chi connectivity index (χ4n) is 3.94. The summed E-state index contributed by atoms with van der Waals surface area (Å²) in [5, 5.41) is 12.3. The average molecular weight is 499 g/mol. The summed E-state index contributed by atoms with van der Waals surface area (Å²) >= 11 is 7.54. The summed E-state index contributed by atoms with van der Waals surface area (Å²) in [5.74, 6) is -0.225. The highest BCUT2D eigenvalue weighted by Crippen LogP contribution is 2.24. The van der Waals surface area contributed by atoms with Crippen LogP contribution in [0.15, 0.2) is 53.9 Å². The van der Waals surface area contributed by atoms with Gasteiger partial charge in [-0.2, -0.15) is 0 Å². The van der Waals surface area contributed by atoms with E-state index in [1.807, 2.05) is 49.4 Å². The van der Waals surface area contributed by atoms with Gasteiger partial charge in [0, 0.05) is 23.8 Å². The van der Waals surface area contributed by atoms with Gasteiger partial charge >= 0.3 is 0 Å². The van der Waals surface area contributed by atoms with Gasteiger partial charge in [0.05, 0.1) is 17.4 Å². The summed E-state index contributed by atoms with van der Waals surface area (Å²) in [6.45, 7) is 4.35. The second kappa shape index (κ2) is 11.0. The Morgan fingerprint density at radius 3 is 2.76 bits per heavy atom. The molecule has 10 heteroatoms. The molecule has 1 aliphatic heterocycles. The molecule has 34 heavy (non-hydrogen) atoms. The van der Waals surface area contributed by atoms with E-state index in [9.17, 15) is 9.59 Å². The maximum absolute atomic E-state index is 12.5. The third kappa shape index (κ3) is 6.16. The number of piperidine rings is 1. The Labute approximate surface area is 207 Å². The van der Waals surface area contributed by atoms with Gasteiger partial charge < -0.3 is 11.1 Å². The van der Waals surface area contributed by atoms with Gasteiger partial charge in [-0.1, -0.05) is 41.6 Å². The number of anilines is 1. The van der Waals surface area contributed by atoms with Gasteiger partial charge in [-0.25, -0.2) is 0 Å². The van der Waals surface area contributed by atoms with E-state index in [0.29, 0.717) is 16.7 Å². The Balaban J connectivity index is 1.29. The number of carbonyl (C=O) groups is 2. The first-order valence-corrected chi connectivity index (χ1v) is 12.4. The van der Waals surface area contributed by atoms with Crippen LogP contribution in [0.2, 0.25) is 5.02 Å². The van der Waals surface area contributed by atoms with E-state index >= 15 is 0 Å². The molecule has 1 aromatic heterocycles. The Bertz CT molecular complexity index is 1170. The summed E-state index contributed by atoms with van der Waals surface area (Å²) in [6, 6.07) is 13.5. The summed E-state index contributed by atoms with van der Waals surface area (Å²) in [4.78, 5) is 26.2. The number of rotatable bonds is 8. The van der Waals surface area contributed by atoms with Crippen LogP contribution in [0.25, 0.3) is 5.69 Å². The third-order valence-corrected chi connectivity index (χ3v) is 7.18. The van der Waals surface area contributed by atoms with E-state index in [1.54, 1.807) is 10.9 Å². The number of aromatic nitrogens is 3. The molecule has 1 atom stereocenters. The molecule has 0 spiro atoms. The number of nitrogens with zero attached hydrogens (tertiary/aromatic N) is 4. The molecule has 8 nitrogen and oxygen atoms in total. The van der Waals surface area contributed by atoms with E-state index in [0.717, 1.165) is 48.4 Å². The van der Waals surface area contributed by atoms with Crippen molar-refractivity contribution in [2.75, 3.05) is 24.2 Å². The predicted molar refractivity (Wildman–Crippen MR) is 134 cm³/mol. The molecule has 2 aromatic carbocycles. The molecule has 2 amide bonds. The number of nitrogens with two attached hydrogens (primary N) is 1. The number of thioether (sulfide) groups is 1. The predicted octanol–water partition coefficient (Wildman–Crippen LogP) is 3.66. The zero-order valence-corrected chi connectivity index (χ0v) is 20.5. The van der Waals surface area contributed by atoms with Crippen LogP contribution in [0.5, 0.6) is 0 Å². The van der Waals surface area contributed by atoms with E-state index in [4.69, 9.17) is 17.3 Å². The van der Waals surface area contributed by atoms with E-state index in [-0.39, 0.29) is 23.5 Å². The van der Waals surface area contributed by atoms with Crippen molar-refractivity contribution in [3.05, 3.63) is 64.9 Å². The topological polar surface area (TPSA) is 106 Å². The Kier molecular flexibility index (Phi) is 7.87. The molecule has 178 valence electrons. The lowest BCUT2D eigenvalue weighted by Gasteiger charge is -2.31. The fourth-order valence-corrected chi connectivity index (χ4v) is 4.85. The molecule has 1 aliphatic rings. The fraction of sp³-hybridized carbons (Fsp3) is 0.333. The van der Waals surface area contributed by atoms with Crippen LogP contribution >= 0.6 is 23.4 Å². The Hall–Kier alpha value is -2.88. The maximum Gasteiger partial charge on any atom is 0.234 e. The minimum absolute atomic E-state index is 0.0707. The van der Waals surface area contributed by atoms with Crippen molar-refractivity contribution >= 4 is 40.9 Å². The molecular formula is C24H27ClN6O2S. The summed E-state index contributed by atoms with van der Waals surface area (Å²) in [6.07, 6.45) is 3.45. The van der Waals surface area contributed by atoms with Crippen molar-refractivity contribution in [2.45, 2.75) is 31.5 Å². The number of benzene rings is 2. The van der Waals surface area contributed by atoms with Gasteiger partial charge in [-0.05, 0) is 61.7 Å². The van der Waals surface area contributed by atoms with Crippen LogP contribution in [0.4, 0.5) is 5.69 Å². The first kappa shape index (κ1) is 24.3. The Morgan fingerprint density at radius 1 is 1.24 bits per heavy atom. The number of hydrogen-bond donors (Lipinski definition) is 2. The standard InChI is InChI=1S/C24H27ClN6O2S/c1-16-4-9-20(11-21(16)25)31-15-27-29-24(31)34-14-22(32)28-19-7-5-17(6-8-19)12-30-10-2-3-18(13-30)23(26)33/h4-9,11,15,18H,2-3,10,12-14H2,1H3,(H2,26,33)(H,28,32). The number of carbonyl (C=O) groups excluding carboxylic acids is 2. The third-order valence-electron chi connectivity index (χ3n) is 5.83. The lowest BCUT2D eigenvalue weighted by atomic mass is 9.97. The molecule has 0 radical (unpaired) electrons. The maximum atomic E-state index is 12.5. The molecule has 1 saturated heterocycles. The van der Waals surface area contributed by atoms with Crippen molar-refractivity contribution in [1.29, 1.82) is 0 Å². The van der Waals surface area contributed by atoms with Crippen molar-refractivity contribution in [3.8, 4) is 5.69 Å². The smallest absolute Gasteiger partial charge is 0.234 e. The van der Waals surface area contributed by atoms with Crippen molar-refractivity contribution in [2.24, 2.45) is 11.7 Å². The minimum Gasteiger partial charge on any atom is -0.369 e. The number of hydrogen-bond acceptors (Lipinski definition) is 6. The van der Waals surface area contributed by atoms with Gasteiger partial charge in [0.1, 0.15) is 6.33 Å². The molecule has 2 heterocycles. The zero-order valence-electron chi connectivity index (χ0n) is 18.9. The first-order valence-electron chi connectivity index (χ1n) is 11.1. The lowest BCUT2D eigenvalue weighted by Crippen LogP contribution is -2.40. The van der Waals surface area contributed by atoms with E-state index in [1.165, 1.54) is 11.8 Å². The highest BCUT2D eigenvalue weighted by molar-refractivity contribution is 7.99. The summed E-state index contributed by atoms with van der Waals surface area (Å²) in [7, 11) is 0. The molecule has 0 saturated carbocycles. The van der Waals surface area contributed by atoms with E-state index in [2.05, 4.69) is 20.4 Å². The number of aryl methyl sites for hydroxylation is 1. The van der Waals surface area contributed by atoms with Gasteiger partial charge in [-0.15, -0.1) is 10.2 Å². The molecule has 1 fully saturated rings. The first-order chi connectivity index (χ1) is 16.4. The number of likely N-dealkylation sites (tertiary alicyclic amines) is 1. The molecular weight excluding hydrogens is 472 g/mol. The van der Waals surface area contributed by atoms with Crippen LogP contribution in [0.1, 0.15) is 24.0 Å². The second-order valence-corrected chi connectivity index (χ2v) is 9.78. The summed E-state index contributed by atoms with van der Waals surface area (Å²) in [5.41, 5.74) is 9.16. The normalized spacial score (nSPS) is 16.4.